The van der Waals surface area contributed by atoms with Crippen molar-refractivity contribution in [2.24, 2.45) is 0 Å². The van der Waals surface area contributed by atoms with Crippen LogP contribution in [0.3, 0.4) is 0 Å². The van der Waals surface area contributed by atoms with Gasteiger partial charge in [0, 0.05) is 17.6 Å². The van der Waals surface area contributed by atoms with Crippen LogP contribution in [0.5, 0.6) is 0 Å². The van der Waals surface area contributed by atoms with Crippen LogP contribution in [0.15, 0.2) is 23.7 Å². The highest BCUT2D eigenvalue weighted by Gasteiger charge is 2.03. The van der Waals surface area contributed by atoms with Gasteiger partial charge in [0.25, 0.3) is 0 Å². The van der Waals surface area contributed by atoms with Crippen molar-refractivity contribution >= 4 is 16.5 Å². The van der Waals surface area contributed by atoms with E-state index in [2.05, 4.69) is 9.97 Å². The van der Waals surface area contributed by atoms with Gasteiger partial charge in [-0.05, 0) is 6.07 Å². The molecule has 0 saturated carbocycles. The summed E-state index contributed by atoms with van der Waals surface area (Å²) in [6, 6.07) is 2.62. The summed E-state index contributed by atoms with van der Waals surface area (Å²) < 4.78 is 12.8. The van der Waals surface area contributed by atoms with Crippen molar-refractivity contribution in [1.82, 2.24) is 9.97 Å². The number of thiazole rings is 1. The van der Waals surface area contributed by atoms with Gasteiger partial charge in [0.2, 0.25) is 0 Å². The van der Waals surface area contributed by atoms with E-state index in [0.29, 0.717) is 16.5 Å². The fraction of sp³-hybridized carbons (Fsp3) is 0. The molecule has 0 saturated heterocycles. The molecule has 0 fully saturated rings. The lowest BCUT2D eigenvalue weighted by molar-refractivity contribution is 0.626. The summed E-state index contributed by atoms with van der Waals surface area (Å²) in [6.07, 6.45) is 1.40. The van der Waals surface area contributed by atoms with Crippen molar-refractivity contribution in [2.45, 2.75) is 0 Å². The van der Waals surface area contributed by atoms with Crippen molar-refractivity contribution in [2.75, 3.05) is 5.73 Å². The molecular formula is C8H6FN3S. The van der Waals surface area contributed by atoms with Crippen molar-refractivity contribution in [3.63, 3.8) is 0 Å². The first-order chi connectivity index (χ1) is 6.25. The van der Waals surface area contributed by atoms with Gasteiger partial charge < -0.3 is 5.73 Å². The molecule has 0 spiro atoms. The Bertz CT molecular complexity index is 427. The second-order valence-electron chi connectivity index (χ2n) is 2.43. The number of hydrogen-bond acceptors (Lipinski definition) is 4. The first-order valence-electron chi connectivity index (χ1n) is 3.58. The molecule has 0 atom stereocenters. The van der Waals surface area contributed by atoms with Crippen LogP contribution in [0, 0.1) is 5.82 Å². The highest BCUT2D eigenvalue weighted by Crippen LogP contribution is 2.21. The molecule has 0 aliphatic heterocycles. The smallest absolute Gasteiger partial charge is 0.180 e. The molecule has 2 aromatic rings. The van der Waals surface area contributed by atoms with Crippen LogP contribution >= 0.6 is 11.3 Å². The lowest BCUT2D eigenvalue weighted by Crippen LogP contribution is -1.86. The van der Waals surface area contributed by atoms with Gasteiger partial charge in [-0.15, -0.1) is 11.3 Å². The van der Waals surface area contributed by atoms with E-state index in [4.69, 9.17) is 5.73 Å². The van der Waals surface area contributed by atoms with Gasteiger partial charge in [0.1, 0.15) is 11.5 Å². The number of pyridine rings is 1. The lowest BCUT2D eigenvalue weighted by atomic mass is 10.3. The SMILES string of the molecule is Nc1nc(-c2cc(F)ccn2)cs1. The minimum absolute atomic E-state index is 0.323. The van der Waals surface area contributed by atoms with Crippen LogP contribution in [0.25, 0.3) is 11.4 Å². The average Bonchev–Trinajstić information content (AvgIpc) is 2.52. The van der Waals surface area contributed by atoms with E-state index in [1.54, 1.807) is 5.38 Å². The van der Waals surface area contributed by atoms with E-state index in [-0.39, 0.29) is 5.82 Å². The number of hydrogen-bond donors (Lipinski definition) is 1. The normalized spacial score (nSPS) is 10.2. The predicted octanol–water partition coefficient (Wildman–Crippen LogP) is 1.93. The van der Waals surface area contributed by atoms with Crippen LogP contribution in [0.1, 0.15) is 0 Å². The first kappa shape index (κ1) is 8.12. The summed E-state index contributed by atoms with van der Waals surface area (Å²) in [5, 5.41) is 2.21. The van der Waals surface area contributed by atoms with Crippen molar-refractivity contribution in [1.29, 1.82) is 0 Å². The Morgan fingerprint density at radius 1 is 1.38 bits per heavy atom. The Balaban J connectivity index is 2.46. The maximum Gasteiger partial charge on any atom is 0.180 e. The zero-order valence-electron chi connectivity index (χ0n) is 6.57. The molecule has 66 valence electrons. The molecule has 0 radical (unpaired) electrons. The minimum atomic E-state index is -0.323. The fourth-order valence-corrected chi connectivity index (χ4v) is 1.51. The molecule has 3 nitrogen and oxygen atoms in total. The number of nitrogens with two attached hydrogens (primary N) is 1. The summed E-state index contributed by atoms with van der Waals surface area (Å²) in [5.74, 6) is -0.323. The standard InChI is InChI=1S/C8H6FN3S/c9-5-1-2-11-6(3-5)7-4-13-8(10)12-7/h1-4H,(H2,10,12). The van der Waals surface area contributed by atoms with Crippen LogP contribution in [0.2, 0.25) is 0 Å². The Morgan fingerprint density at radius 3 is 2.85 bits per heavy atom. The Hall–Kier alpha value is -1.49. The van der Waals surface area contributed by atoms with E-state index in [1.807, 2.05) is 0 Å². The number of aromatic nitrogens is 2. The van der Waals surface area contributed by atoms with Gasteiger partial charge in [-0.1, -0.05) is 0 Å². The number of halogens is 1. The number of rotatable bonds is 1. The fourth-order valence-electron chi connectivity index (χ4n) is 0.950. The van der Waals surface area contributed by atoms with Crippen molar-refractivity contribution < 1.29 is 4.39 Å². The molecule has 0 aliphatic carbocycles. The highest BCUT2D eigenvalue weighted by atomic mass is 32.1. The zero-order chi connectivity index (χ0) is 9.26. The molecule has 2 rings (SSSR count). The summed E-state index contributed by atoms with van der Waals surface area (Å²) in [4.78, 5) is 7.96. The Kier molecular flexibility index (Phi) is 1.94. The van der Waals surface area contributed by atoms with Crippen LogP contribution in [-0.2, 0) is 0 Å². The first-order valence-corrected chi connectivity index (χ1v) is 4.46. The summed E-state index contributed by atoms with van der Waals surface area (Å²) in [5.41, 5.74) is 6.56. The molecule has 0 amide bonds. The summed E-state index contributed by atoms with van der Waals surface area (Å²) in [7, 11) is 0. The third kappa shape index (κ3) is 1.65. The second kappa shape index (κ2) is 3.10. The van der Waals surface area contributed by atoms with Crippen molar-refractivity contribution in [3.8, 4) is 11.4 Å². The molecule has 5 heteroatoms. The van der Waals surface area contributed by atoms with Gasteiger partial charge in [0.05, 0.1) is 5.69 Å². The zero-order valence-corrected chi connectivity index (χ0v) is 7.38. The average molecular weight is 195 g/mol. The van der Waals surface area contributed by atoms with Crippen LogP contribution in [0.4, 0.5) is 9.52 Å². The van der Waals surface area contributed by atoms with Gasteiger partial charge in [0.15, 0.2) is 5.13 Å². The molecule has 0 aliphatic rings. The highest BCUT2D eigenvalue weighted by molar-refractivity contribution is 7.13. The number of nitrogens with zero attached hydrogens (tertiary/aromatic N) is 2. The minimum Gasteiger partial charge on any atom is -0.375 e. The maximum absolute atomic E-state index is 12.8. The maximum atomic E-state index is 12.8. The molecule has 0 bridgehead atoms. The molecule has 13 heavy (non-hydrogen) atoms. The van der Waals surface area contributed by atoms with Gasteiger partial charge in [-0.2, -0.15) is 0 Å². The van der Waals surface area contributed by atoms with Crippen LogP contribution in [-0.4, -0.2) is 9.97 Å². The number of anilines is 1. The Labute approximate surface area is 78.1 Å². The second-order valence-corrected chi connectivity index (χ2v) is 3.32. The van der Waals surface area contributed by atoms with E-state index < -0.39 is 0 Å². The topological polar surface area (TPSA) is 51.8 Å². The molecule has 2 heterocycles. The van der Waals surface area contributed by atoms with E-state index in [9.17, 15) is 4.39 Å². The van der Waals surface area contributed by atoms with Gasteiger partial charge in [-0.3, -0.25) is 4.98 Å². The molecule has 2 N–H and O–H groups in total. The lowest BCUT2D eigenvalue weighted by Gasteiger charge is -1.93. The van der Waals surface area contributed by atoms with E-state index >= 15 is 0 Å². The predicted molar refractivity (Wildman–Crippen MR) is 49.7 cm³/mol. The quantitative estimate of drug-likeness (QED) is 0.756. The molecule has 0 unspecified atom stereocenters. The van der Waals surface area contributed by atoms with E-state index in [0.717, 1.165) is 0 Å². The monoisotopic (exact) mass is 195 g/mol. The third-order valence-corrected chi connectivity index (χ3v) is 2.18. The molecule has 0 aromatic carbocycles. The van der Waals surface area contributed by atoms with E-state index in [1.165, 1.54) is 29.7 Å². The van der Waals surface area contributed by atoms with Crippen LogP contribution < -0.4 is 5.73 Å². The summed E-state index contributed by atoms with van der Waals surface area (Å²) >= 11 is 1.31. The Morgan fingerprint density at radius 2 is 2.23 bits per heavy atom. The van der Waals surface area contributed by atoms with Gasteiger partial charge in [-0.25, -0.2) is 9.37 Å². The largest absolute Gasteiger partial charge is 0.375 e. The third-order valence-electron chi connectivity index (χ3n) is 1.51. The van der Waals surface area contributed by atoms with Gasteiger partial charge >= 0.3 is 0 Å². The van der Waals surface area contributed by atoms with Crippen molar-refractivity contribution in [3.05, 3.63) is 29.5 Å². The summed E-state index contributed by atoms with van der Waals surface area (Å²) in [6.45, 7) is 0. The molecule has 2 aromatic heterocycles. The molecular weight excluding hydrogens is 189 g/mol. The number of nitrogen functional groups attached to an aromatic ring is 1.